The highest BCUT2D eigenvalue weighted by molar-refractivity contribution is 14.1. The van der Waals surface area contributed by atoms with Crippen LogP contribution in [0.4, 0.5) is 0 Å². The van der Waals surface area contributed by atoms with Crippen LogP contribution in [0.3, 0.4) is 0 Å². The average Bonchev–Trinajstić information content (AvgIpc) is 2.45. The van der Waals surface area contributed by atoms with Gasteiger partial charge < -0.3 is 4.74 Å². The maximum atomic E-state index is 11.7. The zero-order valence-electron chi connectivity index (χ0n) is 11.3. The van der Waals surface area contributed by atoms with Gasteiger partial charge in [-0.1, -0.05) is 13.0 Å². The molecule has 0 aliphatic carbocycles. The highest BCUT2D eigenvalue weighted by Crippen LogP contribution is 2.30. The zero-order valence-corrected chi connectivity index (χ0v) is 13.4. The predicted octanol–water partition coefficient (Wildman–Crippen LogP) is 3.85. The molecular formula is C15H16INO2. The van der Waals surface area contributed by atoms with Gasteiger partial charge in [-0.3, -0.25) is 0 Å². The fourth-order valence-corrected chi connectivity index (χ4v) is 2.29. The van der Waals surface area contributed by atoms with Crippen molar-refractivity contribution in [2.45, 2.75) is 27.2 Å². The van der Waals surface area contributed by atoms with Gasteiger partial charge in [0.15, 0.2) is 0 Å². The molecule has 0 N–H and O–H groups in total. The molecule has 0 unspecified atom stereocenters. The fraction of sp³-hybridized carbons (Fsp3) is 0.333. The highest BCUT2D eigenvalue weighted by Gasteiger charge is 2.14. The summed E-state index contributed by atoms with van der Waals surface area (Å²) in [5.41, 5.74) is 3.05. The zero-order chi connectivity index (χ0) is 14.4. The second-order valence-corrected chi connectivity index (χ2v) is 5.08. The van der Waals surface area contributed by atoms with E-state index in [9.17, 15) is 4.79 Å². The third kappa shape index (κ3) is 3.80. The molecule has 0 radical (unpaired) electrons. The molecule has 4 heteroatoms. The van der Waals surface area contributed by atoms with Crippen LogP contribution in [0.2, 0.25) is 0 Å². The van der Waals surface area contributed by atoms with Gasteiger partial charge in [0.25, 0.3) is 0 Å². The minimum Gasteiger partial charge on any atom is -0.463 e. The van der Waals surface area contributed by atoms with Crippen LogP contribution in [0.15, 0.2) is 23.8 Å². The summed E-state index contributed by atoms with van der Waals surface area (Å²) in [6.45, 7) is 5.90. The number of carbonyl (C=O) groups excluding carboxylic acids is 1. The topological polar surface area (TPSA) is 50.1 Å². The molecule has 0 aromatic heterocycles. The minimum absolute atomic E-state index is 0.335. The molecule has 0 aliphatic rings. The first kappa shape index (κ1) is 15.7. The van der Waals surface area contributed by atoms with Crippen molar-refractivity contribution >= 4 is 32.1 Å². The van der Waals surface area contributed by atoms with E-state index < -0.39 is 0 Å². The third-order valence-electron chi connectivity index (χ3n) is 2.76. The van der Waals surface area contributed by atoms with E-state index in [0.717, 1.165) is 21.1 Å². The summed E-state index contributed by atoms with van der Waals surface area (Å²) in [6.07, 6.45) is 0.890. The summed E-state index contributed by atoms with van der Waals surface area (Å²) < 4.78 is 5.76. The number of esters is 1. The van der Waals surface area contributed by atoms with Crippen LogP contribution >= 0.6 is 22.6 Å². The summed E-state index contributed by atoms with van der Waals surface area (Å²) in [5.74, 6) is -0.335. The Morgan fingerprint density at radius 3 is 2.63 bits per heavy atom. The number of aryl methyl sites for hydroxylation is 1. The Balaban J connectivity index is 3.31. The monoisotopic (exact) mass is 369 g/mol. The first-order chi connectivity index (χ1) is 9.04. The van der Waals surface area contributed by atoms with Gasteiger partial charge in [-0.25, -0.2) is 4.79 Å². The van der Waals surface area contributed by atoms with Crippen LogP contribution in [0.5, 0.6) is 0 Å². The van der Waals surface area contributed by atoms with Gasteiger partial charge in [0.05, 0.1) is 18.2 Å². The molecule has 1 aromatic rings. The number of carbonyl (C=O) groups is 1. The van der Waals surface area contributed by atoms with Crippen molar-refractivity contribution in [2.75, 3.05) is 6.61 Å². The number of benzene rings is 1. The molecule has 100 valence electrons. The number of nitriles is 1. The van der Waals surface area contributed by atoms with Crippen molar-refractivity contribution in [3.05, 3.63) is 40.5 Å². The largest absolute Gasteiger partial charge is 0.463 e. The summed E-state index contributed by atoms with van der Waals surface area (Å²) in [6, 6.07) is 7.86. The van der Waals surface area contributed by atoms with E-state index in [0.29, 0.717) is 17.7 Å². The van der Waals surface area contributed by atoms with Crippen molar-refractivity contribution in [3.8, 4) is 6.07 Å². The normalized spacial score (nSPS) is 11.5. The summed E-state index contributed by atoms with van der Waals surface area (Å²) >= 11 is 2.10. The molecule has 1 aromatic carbocycles. The number of nitrogens with zero attached hydrogens (tertiary/aromatic N) is 1. The Morgan fingerprint density at radius 1 is 1.42 bits per heavy atom. The number of hydrogen-bond acceptors (Lipinski definition) is 3. The summed E-state index contributed by atoms with van der Waals surface area (Å²) in [4.78, 5) is 11.7. The van der Waals surface area contributed by atoms with Gasteiger partial charge in [0, 0.05) is 14.7 Å². The Labute approximate surface area is 127 Å². The molecule has 1 rings (SSSR count). The van der Waals surface area contributed by atoms with Gasteiger partial charge in [0.2, 0.25) is 0 Å². The van der Waals surface area contributed by atoms with Crippen LogP contribution < -0.4 is 0 Å². The van der Waals surface area contributed by atoms with Crippen molar-refractivity contribution in [2.24, 2.45) is 0 Å². The molecule has 0 spiro atoms. The number of ether oxygens (including phenoxy) is 1. The number of rotatable bonds is 4. The van der Waals surface area contributed by atoms with E-state index >= 15 is 0 Å². The van der Waals surface area contributed by atoms with E-state index in [1.807, 2.05) is 12.1 Å². The molecule has 0 aliphatic heterocycles. The molecule has 0 saturated carbocycles. The van der Waals surface area contributed by atoms with Gasteiger partial charge in [-0.2, -0.15) is 5.26 Å². The molecule has 3 nitrogen and oxygen atoms in total. The maximum absolute atomic E-state index is 11.7. The van der Waals surface area contributed by atoms with Crippen molar-refractivity contribution in [1.29, 1.82) is 5.26 Å². The van der Waals surface area contributed by atoms with Crippen LogP contribution in [-0.4, -0.2) is 12.6 Å². The Bertz CT molecular complexity index is 556. The van der Waals surface area contributed by atoms with E-state index in [4.69, 9.17) is 10.00 Å². The number of halogens is 1. The van der Waals surface area contributed by atoms with Gasteiger partial charge in [-0.15, -0.1) is 0 Å². The van der Waals surface area contributed by atoms with Crippen LogP contribution in [0, 0.1) is 11.3 Å². The van der Waals surface area contributed by atoms with Crippen LogP contribution in [-0.2, 0) is 16.0 Å². The van der Waals surface area contributed by atoms with Gasteiger partial charge in [-0.05, 0) is 60.6 Å². The standard InChI is InChI=1S/C15H16INO2/c1-4-11-6-7-12(9-17)13(8-11)14(16)10(3)15(18)19-5-2/h6-8H,4-5H2,1-3H3/b14-10-. The lowest BCUT2D eigenvalue weighted by Crippen LogP contribution is -2.06. The van der Waals surface area contributed by atoms with Crippen LogP contribution in [0.1, 0.15) is 37.5 Å². The first-order valence-electron chi connectivity index (χ1n) is 6.12. The third-order valence-corrected chi connectivity index (χ3v) is 4.15. The summed E-state index contributed by atoms with van der Waals surface area (Å²) in [5, 5.41) is 9.16. The maximum Gasteiger partial charge on any atom is 0.334 e. The van der Waals surface area contributed by atoms with E-state index in [1.54, 1.807) is 19.9 Å². The Kier molecular flexibility index (Phi) is 6.03. The van der Waals surface area contributed by atoms with E-state index in [1.165, 1.54) is 0 Å². The Morgan fingerprint density at radius 2 is 2.11 bits per heavy atom. The molecule has 0 heterocycles. The van der Waals surface area contributed by atoms with Crippen molar-refractivity contribution < 1.29 is 9.53 Å². The quantitative estimate of drug-likeness (QED) is 0.460. The van der Waals surface area contributed by atoms with E-state index in [-0.39, 0.29) is 5.97 Å². The summed E-state index contributed by atoms with van der Waals surface area (Å²) in [7, 11) is 0. The van der Waals surface area contributed by atoms with Crippen LogP contribution in [0.25, 0.3) is 3.58 Å². The average molecular weight is 369 g/mol. The highest BCUT2D eigenvalue weighted by atomic mass is 127. The van der Waals surface area contributed by atoms with Gasteiger partial charge in [0.1, 0.15) is 0 Å². The molecule has 19 heavy (non-hydrogen) atoms. The molecule has 0 bridgehead atoms. The fourth-order valence-electron chi connectivity index (χ4n) is 1.62. The lowest BCUT2D eigenvalue weighted by molar-refractivity contribution is -0.138. The second-order valence-electron chi connectivity index (χ2n) is 4.00. The number of hydrogen-bond donors (Lipinski definition) is 0. The Hall–Kier alpha value is -1.35. The molecule has 0 fully saturated rings. The second kappa shape index (κ2) is 7.29. The lowest BCUT2D eigenvalue weighted by atomic mass is 10.0. The lowest BCUT2D eigenvalue weighted by Gasteiger charge is -2.09. The predicted molar refractivity (Wildman–Crippen MR) is 83.8 cm³/mol. The van der Waals surface area contributed by atoms with Gasteiger partial charge >= 0.3 is 5.97 Å². The molecule has 0 saturated heterocycles. The molecule has 0 atom stereocenters. The minimum atomic E-state index is -0.335. The SMILES string of the molecule is CCOC(=O)/C(C)=C(\I)c1cc(CC)ccc1C#N. The molecular weight excluding hydrogens is 353 g/mol. The van der Waals surface area contributed by atoms with Crippen molar-refractivity contribution in [1.82, 2.24) is 0 Å². The smallest absolute Gasteiger partial charge is 0.334 e. The van der Waals surface area contributed by atoms with Crippen molar-refractivity contribution in [3.63, 3.8) is 0 Å². The molecule has 0 amide bonds. The first-order valence-corrected chi connectivity index (χ1v) is 7.19. The van der Waals surface area contributed by atoms with E-state index in [2.05, 4.69) is 35.6 Å².